The zero-order valence-corrected chi connectivity index (χ0v) is 17.2. The van der Waals surface area contributed by atoms with E-state index in [-0.39, 0.29) is 24.4 Å². The maximum atomic E-state index is 12.2. The molecule has 0 unspecified atom stereocenters. The number of benzene rings is 2. The lowest BCUT2D eigenvalue weighted by Crippen LogP contribution is -2.30. The van der Waals surface area contributed by atoms with E-state index in [1.54, 1.807) is 24.3 Å². The first-order valence-electron chi connectivity index (χ1n) is 9.73. The van der Waals surface area contributed by atoms with Gasteiger partial charge in [-0.05, 0) is 63.2 Å². The number of ether oxygens (including phenoxy) is 2. The molecule has 0 bridgehead atoms. The average Bonchev–Trinajstić information content (AvgIpc) is 2.70. The van der Waals surface area contributed by atoms with Crippen molar-refractivity contribution in [2.45, 2.75) is 26.8 Å². The van der Waals surface area contributed by atoms with Crippen molar-refractivity contribution in [3.63, 3.8) is 0 Å². The van der Waals surface area contributed by atoms with E-state index in [1.165, 1.54) is 0 Å². The van der Waals surface area contributed by atoms with Crippen LogP contribution in [0.1, 0.15) is 31.1 Å². The normalized spacial score (nSPS) is 10.5. The molecule has 0 radical (unpaired) electrons. The van der Waals surface area contributed by atoms with Crippen LogP contribution in [0.5, 0.6) is 5.75 Å². The molecular weight excluding hydrogens is 370 g/mol. The van der Waals surface area contributed by atoms with Crippen molar-refractivity contribution >= 4 is 23.2 Å². The first-order valence-corrected chi connectivity index (χ1v) is 9.73. The molecule has 0 aliphatic carbocycles. The van der Waals surface area contributed by atoms with Gasteiger partial charge in [0.15, 0.2) is 0 Å². The molecule has 29 heavy (non-hydrogen) atoms. The highest BCUT2D eigenvalue weighted by Gasteiger charge is 2.09. The van der Waals surface area contributed by atoms with E-state index in [4.69, 9.17) is 9.47 Å². The Morgan fingerprint density at radius 1 is 1.00 bits per heavy atom. The van der Waals surface area contributed by atoms with Crippen molar-refractivity contribution < 1.29 is 19.1 Å². The highest BCUT2D eigenvalue weighted by molar-refractivity contribution is 5.98. The first-order chi connectivity index (χ1) is 14.0. The molecule has 3 N–H and O–H groups in total. The van der Waals surface area contributed by atoms with Crippen molar-refractivity contribution in [3.8, 4) is 5.75 Å². The predicted octanol–water partition coefficient (Wildman–Crippen LogP) is 3.29. The maximum absolute atomic E-state index is 12.2. The quantitative estimate of drug-likeness (QED) is 0.505. The molecular formula is C22H29N3O4. The van der Waals surface area contributed by atoms with Crippen molar-refractivity contribution in [2.24, 2.45) is 0 Å². The molecule has 0 spiro atoms. The van der Waals surface area contributed by atoms with Gasteiger partial charge in [0, 0.05) is 29.6 Å². The van der Waals surface area contributed by atoms with Crippen molar-refractivity contribution in [2.75, 3.05) is 37.0 Å². The van der Waals surface area contributed by atoms with Crippen LogP contribution in [0.4, 0.5) is 11.4 Å². The van der Waals surface area contributed by atoms with E-state index in [9.17, 15) is 9.59 Å². The second kappa shape index (κ2) is 11.7. The Morgan fingerprint density at radius 2 is 1.76 bits per heavy atom. The summed E-state index contributed by atoms with van der Waals surface area (Å²) in [6.45, 7) is 7.56. The lowest BCUT2D eigenvalue weighted by atomic mass is 10.1. The van der Waals surface area contributed by atoms with Crippen LogP contribution >= 0.6 is 0 Å². The van der Waals surface area contributed by atoms with Gasteiger partial charge in [-0.3, -0.25) is 9.59 Å². The Hall–Kier alpha value is -3.06. The minimum Gasteiger partial charge on any atom is -0.491 e. The van der Waals surface area contributed by atoms with Crippen molar-refractivity contribution in [1.82, 2.24) is 5.32 Å². The minimum atomic E-state index is -0.205. The van der Waals surface area contributed by atoms with Gasteiger partial charge in [-0.2, -0.15) is 0 Å². The van der Waals surface area contributed by atoms with Gasteiger partial charge in [-0.1, -0.05) is 6.07 Å². The number of carbonyl (C=O) groups is 2. The molecule has 7 heteroatoms. The lowest BCUT2D eigenvalue weighted by Gasteiger charge is -2.11. The van der Waals surface area contributed by atoms with Crippen LogP contribution in [0.3, 0.4) is 0 Å². The van der Waals surface area contributed by atoms with Crippen LogP contribution in [-0.4, -0.2) is 44.2 Å². The number of rotatable bonds is 11. The molecule has 0 heterocycles. The largest absolute Gasteiger partial charge is 0.491 e. The molecule has 0 atom stereocenters. The van der Waals surface area contributed by atoms with Crippen LogP contribution in [0.2, 0.25) is 0 Å². The van der Waals surface area contributed by atoms with Crippen LogP contribution < -0.4 is 20.7 Å². The van der Waals surface area contributed by atoms with Crippen LogP contribution in [0, 0.1) is 0 Å². The molecule has 2 aromatic carbocycles. The smallest absolute Gasteiger partial charge is 0.251 e. The van der Waals surface area contributed by atoms with Crippen LogP contribution in [-0.2, 0) is 9.53 Å². The van der Waals surface area contributed by atoms with Gasteiger partial charge in [0.05, 0.1) is 13.2 Å². The first kappa shape index (κ1) is 22.2. The molecule has 2 amide bonds. The van der Waals surface area contributed by atoms with Crippen LogP contribution in [0.15, 0.2) is 48.5 Å². The van der Waals surface area contributed by atoms with Gasteiger partial charge in [0.25, 0.3) is 5.91 Å². The summed E-state index contributed by atoms with van der Waals surface area (Å²) in [5.74, 6) is 0.373. The summed E-state index contributed by atoms with van der Waals surface area (Å²) in [4.78, 5) is 24.3. The molecule has 0 saturated carbocycles. The molecule has 0 aromatic heterocycles. The lowest BCUT2D eigenvalue weighted by molar-refractivity contribution is -0.114. The number of nitrogens with one attached hydrogen (secondary N) is 3. The van der Waals surface area contributed by atoms with Gasteiger partial charge in [-0.15, -0.1) is 0 Å². The second-order valence-electron chi connectivity index (χ2n) is 6.68. The van der Waals surface area contributed by atoms with Gasteiger partial charge >= 0.3 is 0 Å². The highest BCUT2D eigenvalue weighted by Crippen LogP contribution is 2.16. The third-order valence-electron chi connectivity index (χ3n) is 3.84. The summed E-state index contributed by atoms with van der Waals surface area (Å²) in [7, 11) is 0. The third kappa shape index (κ3) is 8.23. The zero-order valence-electron chi connectivity index (χ0n) is 17.2. The van der Waals surface area contributed by atoms with Gasteiger partial charge < -0.3 is 25.4 Å². The Morgan fingerprint density at radius 3 is 2.45 bits per heavy atom. The highest BCUT2D eigenvalue weighted by atomic mass is 16.5. The fourth-order valence-electron chi connectivity index (χ4n) is 2.50. The molecule has 156 valence electrons. The molecule has 2 aromatic rings. The standard InChI is InChI=1S/C22H29N3O4/c1-4-28-12-13-29-20-10-8-18(9-11-20)23-15-21(26)25-19-7-5-6-17(14-19)22(27)24-16(2)3/h5-11,14,16,23H,4,12-13,15H2,1-3H3,(H,24,27)(H,25,26). The molecule has 0 aliphatic rings. The van der Waals surface area contributed by atoms with E-state index < -0.39 is 0 Å². The van der Waals surface area contributed by atoms with Crippen LogP contribution in [0.25, 0.3) is 0 Å². The second-order valence-corrected chi connectivity index (χ2v) is 6.68. The Bertz CT molecular complexity index is 791. The topological polar surface area (TPSA) is 88.7 Å². The van der Waals surface area contributed by atoms with E-state index in [0.717, 1.165) is 11.4 Å². The molecule has 2 rings (SSSR count). The van der Waals surface area contributed by atoms with Crippen molar-refractivity contribution in [3.05, 3.63) is 54.1 Å². The summed E-state index contributed by atoms with van der Waals surface area (Å²) in [6.07, 6.45) is 0. The Kier molecular flexibility index (Phi) is 8.98. The molecule has 0 fully saturated rings. The van der Waals surface area contributed by atoms with Gasteiger partial charge in [0.1, 0.15) is 12.4 Å². The zero-order chi connectivity index (χ0) is 21.1. The van der Waals surface area contributed by atoms with E-state index in [1.807, 2.05) is 45.0 Å². The maximum Gasteiger partial charge on any atom is 0.251 e. The summed E-state index contributed by atoms with van der Waals surface area (Å²) in [6, 6.07) is 14.3. The third-order valence-corrected chi connectivity index (χ3v) is 3.84. The summed E-state index contributed by atoms with van der Waals surface area (Å²) in [5.41, 5.74) is 1.89. The SMILES string of the molecule is CCOCCOc1ccc(NCC(=O)Nc2cccc(C(=O)NC(C)C)c2)cc1. The van der Waals surface area contributed by atoms with Crippen molar-refractivity contribution in [1.29, 1.82) is 0 Å². The minimum absolute atomic E-state index is 0.0476. The molecule has 0 saturated heterocycles. The van der Waals surface area contributed by atoms with E-state index in [2.05, 4.69) is 16.0 Å². The van der Waals surface area contributed by atoms with Gasteiger partial charge in [-0.25, -0.2) is 0 Å². The Labute approximate surface area is 171 Å². The average molecular weight is 399 g/mol. The monoisotopic (exact) mass is 399 g/mol. The molecule has 7 nitrogen and oxygen atoms in total. The fourth-order valence-corrected chi connectivity index (χ4v) is 2.50. The van der Waals surface area contributed by atoms with E-state index in [0.29, 0.717) is 31.1 Å². The number of hydrogen-bond acceptors (Lipinski definition) is 5. The fraction of sp³-hybridized carbons (Fsp3) is 0.364. The van der Waals surface area contributed by atoms with E-state index >= 15 is 0 Å². The molecule has 0 aliphatic heterocycles. The summed E-state index contributed by atoms with van der Waals surface area (Å²) in [5, 5.41) is 8.68. The summed E-state index contributed by atoms with van der Waals surface area (Å²) >= 11 is 0. The Balaban J connectivity index is 1.80. The van der Waals surface area contributed by atoms with Gasteiger partial charge in [0.2, 0.25) is 5.91 Å². The summed E-state index contributed by atoms with van der Waals surface area (Å²) < 4.78 is 10.8. The predicted molar refractivity (Wildman–Crippen MR) is 115 cm³/mol. The number of carbonyl (C=O) groups excluding carboxylic acids is 2. The number of hydrogen-bond donors (Lipinski definition) is 3. The number of amides is 2. The number of anilines is 2.